The average Bonchev–Trinajstić information content (AvgIpc) is 3.14. The predicted octanol–water partition coefficient (Wildman–Crippen LogP) is 2.98. The molecule has 0 aliphatic heterocycles. The van der Waals surface area contributed by atoms with E-state index < -0.39 is 0 Å². The molecule has 1 aliphatic carbocycles. The Hall–Kier alpha value is -2.62. The number of hydrogen-bond donors (Lipinski definition) is 2. The van der Waals surface area contributed by atoms with Crippen LogP contribution in [0.5, 0.6) is 0 Å². The molecule has 0 saturated carbocycles. The van der Waals surface area contributed by atoms with Crippen molar-refractivity contribution < 1.29 is 4.79 Å². The molecule has 0 fully saturated rings. The second kappa shape index (κ2) is 5.30. The van der Waals surface area contributed by atoms with Crippen LogP contribution in [0.4, 0.5) is 0 Å². The molecular formula is C18H17N3O. The molecule has 1 aromatic carbocycles. The lowest BCUT2D eigenvalue weighted by Crippen LogP contribution is -2.23. The third kappa shape index (κ3) is 2.17. The van der Waals surface area contributed by atoms with Gasteiger partial charge in [-0.25, -0.2) is 0 Å². The first-order valence-electron chi connectivity index (χ1n) is 7.63. The Morgan fingerprint density at radius 2 is 2.14 bits per heavy atom. The van der Waals surface area contributed by atoms with Crippen molar-refractivity contribution in [1.29, 1.82) is 0 Å². The van der Waals surface area contributed by atoms with E-state index in [1.165, 1.54) is 23.1 Å². The highest BCUT2D eigenvalue weighted by molar-refractivity contribution is 6.06. The fourth-order valence-corrected chi connectivity index (χ4v) is 3.23. The minimum absolute atomic E-state index is 0.0591. The number of hydrogen-bond acceptors (Lipinski definition) is 2. The fourth-order valence-electron chi connectivity index (χ4n) is 3.23. The van der Waals surface area contributed by atoms with Gasteiger partial charge in [-0.3, -0.25) is 9.78 Å². The molecule has 2 aromatic heterocycles. The quantitative estimate of drug-likeness (QED) is 0.779. The van der Waals surface area contributed by atoms with Crippen molar-refractivity contribution in [1.82, 2.24) is 15.3 Å². The monoisotopic (exact) mass is 291 g/mol. The number of carbonyl (C=O) groups is 1. The summed E-state index contributed by atoms with van der Waals surface area (Å²) in [5, 5.41) is 4.14. The van der Waals surface area contributed by atoms with Gasteiger partial charge in [0.2, 0.25) is 0 Å². The molecule has 2 N–H and O–H groups in total. The minimum atomic E-state index is -0.0591. The van der Waals surface area contributed by atoms with Crippen LogP contribution in [0.3, 0.4) is 0 Å². The van der Waals surface area contributed by atoms with Crippen molar-refractivity contribution in [2.24, 2.45) is 0 Å². The average molecular weight is 291 g/mol. The topological polar surface area (TPSA) is 57.8 Å². The zero-order valence-corrected chi connectivity index (χ0v) is 12.2. The SMILES string of the molecule is O=C(NCc1ccccn1)c1cccc2c3c([nH]c12)CCC3. The fraction of sp³-hybridized carbons (Fsp3) is 0.222. The Balaban J connectivity index is 1.62. The number of carbonyl (C=O) groups excluding carboxylic acids is 1. The number of fused-ring (bicyclic) bond motifs is 3. The summed E-state index contributed by atoms with van der Waals surface area (Å²) in [5.74, 6) is -0.0591. The molecular weight excluding hydrogens is 274 g/mol. The maximum atomic E-state index is 12.5. The summed E-state index contributed by atoms with van der Waals surface area (Å²) < 4.78 is 0. The highest BCUT2D eigenvalue weighted by Gasteiger charge is 2.20. The van der Waals surface area contributed by atoms with Crippen LogP contribution in [0.15, 0.2) is 42.6 Å². The smallest absolute Gasteiger partial charge is 0.253 e. The summed E-state index contributed by atoms with van der Waals surface area (Å²) >= 11 is 0. The lowest BCUT2D eigenvalue weighted by molar-refractivity contribution is 0.0952. The van der Waals surface area contributed by atoms with Crippen LogP contribution in [0.25, 0.3) is 10.9 Å². The number of pyridine rings is 1. The third-order valence-corrected chi connectivity index (χ3v) is 4.28. The van der Waals surface area contributed by atoms with Crippen molar-refractivity contribution in [2.45, 2.75) is 25.8 Å². The summed E-state index contributed by atoms with van der Waals surface area (Å²) in [7, 11) is 0. The second-order valence-electron chi connectivity index (χ2n) is 5.67. The molecule has 0 unspecified atom stereocenters. The first-order valence-corrected chi connectivity index (χ1v) is 7.63. The van der Waals surface area contributed by atoms with Crippen LogP contribution in [0.1, 0.15) is 33.7 Å². The van der Waals surface area contributed by atoms with E-state index in [1.54, 1.807) is 6.20 Å². The zero-order chi connectivity index (χ0) is 14.9. The number of H-pyrrole nitrogens is 1. The molecule has 1 aliphatic rings. The van der Waals surface area contributed by atoms with Gasteiger partial charge in [-0.15, -0.1) is 0 Å². The predicted molar refractivity (Wildman–Crippen MR) is 85.7 cm³/mol. The lowest BCUT2D eigenvalue weighted by atomic mass is 10.1. The van der Waals surface area contributed by atoms with E-state index in [-0.39, 0.29) is 5.91 Å². The van der Waals surface area contributed by atoms with E-state index in [1.807, 2.05) is 30.3 Å². The number of rotatable bonds is 3. The van der Waals surface area contributed by atoms with Gasteiger partial charge < -0.3 is 10.3 Å². The van der Waals surface area contributed by atoms with Crippen LogP contribution in [0.2, 0.25) is 0 Å². The van der Waals surface area contributed by atoms with Gasteiger partial charge >= 0.3 is 0 Å². The first-order chi connectivity index (χ1) is 10.8. The van der Waals surface area contributed by atoms with Crippen LogP contribution in [-0.4, -0.2) is 15.9 Å². The zero-order valence-electron chi connectivity index (χ0n) is 12.2. The van der Waals surface area contributed by atoms with Crippen LogP contribution < -0.4 is 5.32 Å². The molecule has 3 aromatic rings. The number of benzene rings is 1. The van der Waals surface area contributed by atoms with E-state index in [0.717, 1.165) is 24.1 Å². The number of nitrogens with zero attached hydrogens (tertiary/aromatic N) is 1. The van der Waals surface area contributed by atoms with Crippen molar-refractivity contribution >= 4 is 16.8 Å². The van der Waals surface area contributed by atoms with Crippen molar-refractivity contribution in [3.05, 3.63) is 65.1 Å². The number of aromatic nitrogens is 2. The number of nitrogens with one attached hydrogen (secondary N) is 2. The molecule has 2 heterocycles. The Kier molecular flexibility index (Phi) is 3.15. The van der Waals surface area contributed by atoms with Crippen LogP contribution in [-0.2, 0) is 19.4 Å². The number of aryl methyl sites for hydroxylation is 2. The van der Waals surface area contributed by atoms with Gasteiger partial charge in [0, 0.05) is 17.3 Å². The summed E-state index contributed by atoms with van der Waals surface area (Å²) in [6.45, 7) is 0.441. The highest BCUT2D eigenvalue weighted by atomic mass is 16.1. The molecule has 110 valence electrons. The van der Waals surface area contributed by atoms with E-state index >= 15 is 0 Å². The molecule has 4 heteroatoms. The van der Waals surface area contributed by atoms with Crippen molar-refractivity contribution in [3.8, 4) is 0 Å². The van der Waals surface area contributed by atoms with E-state index in [4.69, 9.17) is 0 Å². The van der Waals surface area contributed by atoms with Gasteiger partial charge in [0.25, 0.3) is 5.91 Å². The molecule has 0 atom stereocenters. The second-order valence-corrected chi connectivity index (χ2v) is 5.67. The Bertz CT molecular complexity index is 836. The standard InChI is InChI=1S/C18H17N3O/c22-18(20-11-12-5-1-2-10-19-12)15-8-3-7-14-13-6-4-9-16(13)21-17(14)15/h1-3,5,7-8,10,21H,4,6,9,11H2,(H,20,22). The highest BCUT2D eigenvalue weighted by Crippen LogP contribution is 2.31. The van der Waals surface area contributed by atoms with Gasteiger partial charge in [-0.2, -0.15) is 0 Å². The number of aromatic amines is 1. The normalized spacial score (nSPS) is 13.3. The molecule has 0 saturated heterocycles. The Morgan fingerprint density at radius 3 is 3.00 bits per heavy atom. The molecule has 0 radical (unpaired) electrons. The van der Waals surface area contributed by atoms with E-state index in [0.29, 0.717) is 12.1 Å². The number of para-hydroxylation sites is 1. The Labute approximate surface area is 128 Å². The van der Waals surface area contributed by atoms with Gasteiger partial charge in [0.1, 0.15) is 0 Å². The summed E-state index contributed by atoms with van der Waals surface area (Å²) in [4.78, 5) is 20.2. The molecule has 4 rings (SSSR count). The number of amides is 1. The maximum absolute atomic E-state index is 12.5. The van der Waals surface area contributed by atoms with Crippen LogP contribution >= 0.6 is 0 Å². The van der Waals surface area contributed by atoms with E-state index in [2.05, 4.69) is 21.4 Å². The first kappa shape index (κ1) is 13.1. The van der Waals surface area contributed by atoms with Gasteiger partial charge in [-0.1, -0.05) is 18.2 Å². The summed E-state index contributed by atoms with van der Waals surface area (Å²) in [6, 6.07) is 11.6. The molecule has 1 amide bonds. The minimum Gasteiger partial charge on any atom is -0.358 e. The molecule has 4 nitrogen and oxygen atoms in total. The summed E-state index contributed by atoms with van der Waals surface area (Å²) in [5.41, 5.74) is 5.21. The maximum Gasteiger partial charge on any atom is 0.253 e. The summed E-state index contributed by atoms with van der Waals surface area (Å²) in [6.07, 6.45) is 5.12. The van der Waals surface area contributed by atoms with Gasteiger partial charge in [0.15, 0.2) is 0 Å². The third-order valence-electron chi connectivity index (χ3n) is 4.28. The van der Waals surface area contributed by atoms with E-state index in [9.17, 15) is 4.79 Å². The van der Waals surface area contributed by atoms with Gasteiger partial charge in [-0.05, 0) is 43.0 Å². The molecule has 0 spiro atoms. The molecule has 22 heavy (non-hydrogen) atoms. The lowest BCUT2D eigenvalue weighted by Gasteiger charge is -2.06. The van der Waals surface area contributed by atoms with Crippen LogP contribution in [0, 0.1) is 0 Å². The van der Waals surface area contributed by atoms with Gasteiger partial charge in [0.05, 0.1) is 23.3 Å². The van der Waals surface area contributed by atoms with Crippen molar-refractivity contribution in [3.63, 3.8) is 0 Å². The Morgan fingerprint density at radius 1 is 1.18 bits per heavy atom. The van der Waals surface area contributed by atoms with Crippen molar-refractivity contribution in [2.75, 3.05) is 0 Å². The largest absolute Gasteiger partial charge is 0.358 e. The molecule has 0 bridgehead atoms.